The number of hydrogen-bond donors (Lipinski definition) is 1. The van der Waals surface area contributed by atoms with Crippen molar-refractivity contribution in [3.8, 4) is 5.75 Å². The molecule has 1 aromatic carbocycles. The van der Waals surface area contributed by atoms with Gasteiger partial charge in [0.25, 0.3) is 0 Å². The van der Waals surface area contributed by atoms with Crippen molar-refractivity contribution in [2.24, 2.45) is 0 Å². The molecule has 0 atom stereocenters. The zero-order valence-electron chi connectivity index (χ0n) is 9.69. The van der Waals surface area contributed by atoms with E-state index in [1.54, 1.807) is 18.2 Å². The molecule has 2 aromatic rings. The molecule has 5 heteroatoms. The Balaban J connectivity index is 2.32. The number of hydrogen-bond acceptors (Lipinski definition) is 4. The van der Waals surface area contributed by atoms with Crippen LogP contribution < -0.4 is 10.2 Å². The molecule has 0 unspecified atom stereocenters. The van der Waals surface area contributed by atoms with Crippen LogP contribution in [0.15, 0.2) is 33.7 Å². The van der Waals surface area contributed by atoms with Crippen LogP contribution in [0.25, 0.3) is 11.0 Å². The van der Waals surface area contributed by atoms with Crippen LogP contribution in [-0.4, -0.2) is 17.6 Å². The molecule has 96 valence electrons. The number of aliphatic hydroxyl groups excluding tert-OH is 1. The molecule has 1 aromatic heterocycles. The first-order valence-corrected chi connectivity index (χ1v) is 6.14. The van der Waals surface area contributed by atoms with E-state index in [-0.39, 0.29) is 17.6 Å². The monoisotopic (exact) mass is 268 g/mol. The number of aliphatic hydroxyl groups is 1. The Labute approximate surface area is 109 Å². The van der Waals surface area contributed by atoms with Gasteiger partial charge in [-0.15, -0.1) is 11.6 Å². The van der Waals surface area contributed by atoms with Crippen molar-refractivity contribution in [2.45, 2.75) is 13.0 Å². The van der Waals surface area contributed by atoms with Gasteiger partial charge < -0.3 is 14.3 Å². The Bertz CT molecular complexity index is 591. The molecule has 1 N–H and O–H groups in total. The van der Waals surface area contributed by atoms with E-state index < -0.39 is 0 Å². The lowest BCUT2D eigenvalue weighted by atomic mass is 10.2. The lowest BCUT2D eigenvalue weighted by molar-refractivity contribution is 0.277. The van der Waals surface area contributed by atoms with Gasteiger partial charge in [0.2, 0.25) is 0 Å². The smallest absolute Gasteiger partial charge is 0.198 e. The minimum absolute atomic E-state index is 0.217. The van der Waals surface area contributed by atoms with Crippen LogP contribution in [0.5, 0.6) is 5.75 Å². The molecule has 2 rings (SSSR count). The number of fused-ring (bicyclic) bond motifs is 1. The Kier molecular flexibility index (Phi) is 4.23. The van der Waals surface area contributed by atoms with Crippen molar-refractivity contribution >= 4 is 22.6 Å². The second-order valence-corrected chi connectivity index (χ2v) is 4.18. The van der Waals surface area contributed by atoms with E-state index in [9.17, 15) is 4.79 Å². The third kappa shape index (κ3) is 2.66. The molecular weight excluding hydrogens is 256 g/mol. The van der Waals surface area contributed by atoms with E-state index in [1.165, 1.54) is 6.26 Å². The highest BCUT2D eigenvalue weighted by Crippen LogP contribution is 2.19. The lowest BCUT2D eigenvalue weighted by Gasteiger charge is -2.06. The predicted molar refractivity (Wildman–Crippen MR) is 69.2 cm³/mol. The van der Waals surface area contributed by atoms with E-state index >= 15 is 0 Å². The number of rotatable bonds is 5. The lowest BCUT2D eigenvalue weighted by Crippen LogP contribution is -2.08. The summed E-state index contributed by atoms with van der Waals surface area (Å²) in [5.74, 6) is 1.18. The van der Waals surface area contributed by atoms with Crippen LogP contribution in [0.1, 0.15) is 12.0 Å². The fourth-order valence-electron chi connectivity index (χ4n) is 1.59. The summed E-state index contributed by atoms with van der Waals surface area (Å²) in [6, 6.07) is 5.00. The Morgan fingerprint density at radius 1 is 1.39 bits per heavy atom. The van der Waals surface area contributed by atoms with Gasteiger partial charge in [0, 0.05) is 11.9 Å². The van der Waals surface area contributed by atoms with Crippen LogP contribution in [0.4, 0.5) is 0 Å². The Morgan fingerprint density at radius 2 is 2.22 bits per heavy atom. The Hall–Kier alpha value is -1.52. The minimum Gasteiger partial charge on any atom is -0.493 e. The van der Waals surface area contributed by atoms with E-state index in [1.807, 2.05) is 0 Å². The molecular formula is C13H13ClO4. The molecule has 0 aliphatic heterocycles. The van der Waals surface area contributed by atoms with Crippen molar-refractivity contribution in [1.82, 2.24) is 0 Å². The molecule has 0 aliphatic rings. The highest BCUT2D eigenvalue weighted by atomic mass is 35.5. The van der Waals surface area contributed by atoms with Gasteiger partial charge in [-0.1, -0.05) is 0 Å². The van der Waals surface area contributed by atoms with Gasteiger partial charge in [0.1, 0.15) is 17.6 Å². The third-order valence-corrected chi connectivity index (χ3v) is 2.80. The van der Waals surface area contributed by atoms with Crippen LogP contribution in [0, 0.1) is 0 Å². The standard InChI is InChI=1S/C13H13ClO4/c14-4-1-5-17-10-2-3-11-12(6-10)18-8-9(7-15)13(11)16/h2-3,6,8,15H,1,4-5,7H2. The molecule has 0 saturated carbocycles. The minimum atomic E-state index is -0.327. The van der Waals surface area contributed by atoms with E-state index in [4.69, 9.17) is 25.9 Å². The summed E-state index contributed by atoms with van der Waals surface area (Å²) in [7, 11) is 0. The van der Waals surface area contributed by atoms with Gasteiger partial charge in [0.15, 0.2) is 5.43 Å². The van der Waals surface area contributed by atoms with Crippen LogP contribution >= 0.6 is 11.6 Å². The molecule has 0 fully saturated rings. The molecule has 18 heavy (non-hydrogen) atoms. The molecule has 0 amide bonds. The molecule has 0 spiro atoms. The number of alkyl halides is 1. The molecule has 0 bridgehead atoms. The number of benzene rings is 1. The Morgan fingerprint density at radius 3 is 2.94 bits per heavy atom. The van der Waals surface area contributed by atoms with E-state index in [0.717, 1.165) is 6.42 Å². The van der Waals surface area contributed by atoms with Crippen molar-refractivity contribution in [1.29, 1.82) is 0 Å². The fraction of sp³-hybridized carbons (Fsp3) is 0.308. The summed E-state index contributed by atoms with van der Waals surface area (Å²) >= 11 is 5.55. The maximum absolute atomic E-state index is 11.9. The summed E-state index contributed by atoms with van der Waals surface area (Å²) < 4.78 is 10.8. The number of ether oxygens (including phenoxy) is 1. The molecule has 0 radical (unpaired) electrons. The van der Waals surface area contributed by atoms with E-state index in [2.05, 4.69) is 0 Å². The molecule has 4 nitrogen and oxygen atoms in total. The van der Waals surface area contributed by atoms with Crippen molar-refractivity contribution in [3.05, 3.63) is 40.2 Å². The summed E-state index contributed by atoms with van der Waals surface area (Å²) in [5, 5.41) is 9.41. The quantitative estimate of drug-likeness (QED) is 0.668. The predicted octanol–water partition coefficient (Wildman–Crippen LogP) is 2.29. The molecule has 0 aliphatic carbocycles. The first-order valence-electron chi connectivity index (χ1n) is 5.60. The zero-order valence-corrected chi connectivity index (χ0v) is 10.4. The van der Waals surface area contributed by atoms with Crippen molar-refractivity contribution in [3.63, 3.8) is 0 Å². The molecule has 0 saturated heterocycles. The maximum atomic E-state index is 11.9. The molecule has 1 heterocycles. The summed E-state index contributed by atoms with van der Waals surface area (Å²) in [6.45, 7) is 0.195. The van der Waals surface area contributed by atoms with Crippen LogP contribution in [-0.2, 0) is 6.61 Å². The second-order valence-electron chi connectivity index (χ2n) is 3.80. The van der Waals surface area contributed by atoms with Crippen molar-refractivity contribution < 1.29 is 14.3 Å². The fourth-order valence-corrected chi connectivity index (χ4v) is 1.70. The average Bonchev–Trinajstić information content (AvgIpc) is 2.39. The normalized spacial score (nSPS) is 10.8. The first kappa shape index (κ1) is 12.9. The summed E-state index contributed by atoms with van der Waals surface area (Å²) in [5.41, 5.74) is 0.477. The van der Waals surface area contributed by atoms with E-state index in [0.29, 0.717) is 29.2 Å². The van der Waals surface area contributed by atoms with Gasteiger partial charge >= 0.3 is 0 Å². The van der Waals surface area contributed by atoms with Gasteiger partial charge in [-0.2, -0.15) is 0 Å². The first-order chi connectivity index (χ1) is 8.76. The highest BCUT2D eigenvalue weighted by molar-refractivity contribution is 6.17. The van der Waals surface area contributed by atoms with Crippen molar-refractivity contribution in [2.75, 3.05) is 12.5 Å². The van der Waals surface area contributed by atoms with Gasteiger partial charge in [0.05, 0.1) is 24.2 Å². The highest BCUT2D eigenvalue weighted by Gasteiger charge is 2.07. The summed E-state index contributed by atoms with van der Waals surface area (Å²) in [4.78, 5) is 11.9. The van der Waals surface area contributed by atoms with Crippen LogP contribution in [0.3, 0.4) is 0 Å². The van der Waals surface area contributed by atoms with Gasteiger partial charge in [-0.3, -0.25) is 4.79 Å². The van der Waals surface area contributed by atoms with Crippen LogP contribution in [0.2, 0.25) is 0 Å². The largest absolute Gasteiger partial charge is 0.493 e. The SMILES string of the molecule is O=c1c(CO)coc2cc(OCCCCl)ccc12. The third-order valence-electron chi connectivity index (χ3n) is 2.53. The van der Waals surface area contributed by atoms with Gasteiger partial charge in [-0.05, 0) is 18.6 Å². The summed E-state index contributed by atoms with van der Waals surface area (Å²) in [6.07, 6.45) is 2.03. The zero-order chi connectivity index (χ0) is 13.0. The van der Waals surface area contributed by atoms with Gasteiger partial charge in [-0.25, -0.2) is 0 Å². The topological polar surface area (TPSA) is 59.7 Å². The average molecular weight is 269 g/mol. The number of halogens is 1. The second kappa shape index (κ2) is 5.89. The maximum Gasteiger partial charge on any atom is 0.198 e.